The van der Waals surface area contributed by atoms with Crippen molar-refractivity contribution in [1.29, 1.82) is 0 Å². The second-order valence-electron chi connectivity index (χ2n) is 3.80. The maximum absolute atomic E-state index is 5.50. The molecule has 0 atom stereocenters. The Morgan fingerprint density at radius 2 is 2.00 bits per heavy atom. The summed E-state index contributed by atoms with van der Waals surface area (Å²) in [5.41, 5.74) is 1.24. The summed E-state index contributed by atoms with van der Waals surface area (Å²) >= 11 is 1.53. The van der Waals surface area contributed by atoms with Crippen LogP contribution in [0, 0.1) is 0 Å². The Hall–Kier alpha value is -2.08. The predicted octanol–water partition coefficient (Wildman–Crippen LogP) is 3.06. The van der Waals surface area contributed by atoms with Crippen LogP contribution in [-0.2, 0) is 6.42 Å². The van der Waals surface area contributed by atoms with E-state index in [1.54, 1.807) is 30.8 Å². The van der Waals surface area contributed by atoms with E-state index in [2.05, 4.69) is 15.2 Å². The number of hydrogen-bond donors (Lipinski definition) is 0. The average molecular weight is 273 g/mol. The van der Waals surface area contributed by atoms with Crippen molar-refractivity contribution in [3.8, 4) is 11.7 Å². The van der Waals surface area contributed by atoms with Crippen molar-refractivity contribution in [2.24, 2.45) is 0 Å². The molecule has 0 aliphatic heterocycles. The van der Waals surface area contributed by atoms with E-state index >= 15 is 0 Å². The second-order valence-corrected chi connectivity index (χ2v) is 4.85. The lowest BCUT2D eigenvalue weighted by Crippen LogP contribution is -1.88. The van der Waals surface area contributed by atoms with Crippen LogP contribution >= 0.6 is 11.8 Å². The Balaban J connectivity index is 1.56. The Morgan fingerprint density at radius 1 is 1.11 bits per heavy atom. The van der Waals surface area contributed by atoms with Crippen LogP contribution in [0.25, 0.3) is 11.7 Å². The third kappa shape index (κ3) is 3.03. The smallest absolute Gasteiger partial charge is 0.284 e. The summed E-state index contributed by atoms with van der Waals surface area (Å²) in [6.07, 6.45) is 6.10. The summed E-state index contributed by atoms with van der Waals surface area (Å²) < 4.78 is 10.7. The molecule has 3 aromatic rings. The normalized spacial score (nSPS) is 10.7. The molecule has 3 rings (SSSR count). The van der Waals surface area contributed by atoms with Crippen molar-refractivity contribution in [1.82, 2.24) is 15.2 Å². The van der Waals surface area contributed by atoms with Gasteiger partial charge in [0, 0.05) is 18.1 Å². The molecular weight excluding hydrogens is 262 g/mol. The largest absolute Gasteiger partial charge is 0.459 e. The van der Waals surface area contributed by atoms with E-state index in [1.165, 1.54) is 17.3 Å². The Kier molecular flexibility index (Phi) is 3.60. The quantitative estimate of drug-likeness (QED) is 0.666. The van der Waals surface area contributed by atoms with Crippen LogP contribution in [-0.4, -0.2) is 20.9 Å². The lowest BCUT2D eigenvalue weighted by molar-refractivity contribution is 0.447. The van der Waals surface area contributed by atoms with Crippen molar-refractivity contribution in [2.75, 3.05) is 5.75 Å². The van der Waals surface area contributed by atoms with Crippen LogP contribution < -0.4 is 0 Å². The van der Waals surface area contributed by atoms with E-state index < -0.39 is 0 Å². The molecule has 5 nitrogen and oxygen atoms in total. The highest BCUT2D eigenvalue weighted by Crippen LogP contribution is 2.23. The van der Waals surface area contributed by atoms with Gasteiger partial charge in [-0.05, 0) is 36.2 Å². The molecule has 0 saturated heterocycles. The van der Waals surface area contributed by atoms with E-state index in [9.17, 15) is 0 Å². The Bertz CT molecular complexity index is 622. The molecule has 6 heteroatoms. The molecule has 0 unspecified atom stereocenters. The Labute approximate surface area is 114 Å². The first-order chi connectivity index (χ1) is 9.42. The number of thioether (sulfide) groups is 1. The third-order valence-electron chi connectivity index (χ3n) is 2.50. The van der Waals surface area contributed by atoms with E-state index in [-0.39, 0.29) is 0 Å². The van der Waals surface area contributed by atoms with Crippen LogP contribution in [0.15, 0.2) is 57.0 Å². The molecule has 19 heavy (non-hydrogen) atoms. The zero-order valence-electron chi connectivity index (χ0n) is 10.0. The third-order valence-corrected chi connectivity index (χ3v) is 3.32. The van der Waals surface area contributed by atoms with E-state index in [0.29, 0.717) is 16.9 Å². The van der Waals surface area contributed by atoms with Gasteiger partial charge in [-0.15, -0.1) is 10.2 Å². The van der Waals surface area contributed by atoms with Crippen molar-refractivity contribution >= 4 is 11.8 Å². The maximum Gasteiger partial charge on any atom is 0.284 e. The minimum atomic E-state index is 0.413. The zero-order valence-corrected chi connectivity index (χ0v) is 10.8. The fourth-order valence-corrected chi connectivity index (χ4v) is 2.32. The topological polar surface area (TPSA) is 65.0 Å². The van der Waals surface area contributed by atoms with Crippen molar-refractivity contribution < 1.29 is 8.83 Å². The van der Waals surface area contributed by atoms with Gasteiger partial charge in [0.05, 0.1) is 6.26 Å². The summed E-state index contributed by atoms with van der Waals surface area (Å²) in [6, 6.07) is 7.58. The fourth-order valence-electron chi connectivity index (χ4n) is 1.57. The van der Waals surface area contributed by atoms with Crippen LogP contribution in [0.3, 0.4) is 0 Å². The minimum absolute atomic E-state index is 0.413. The lowest BCUT2D eigenvalue weighted by atomic mass is 10.2. The highest BCUT2D eigenvalue weighted by molar-refractivity contribution is 7.99. The van der Waals surface area contributed by atoms with Crippen molar-refractivity contribution in [3.63, 3.8) is 0 Å². The lowest BCUT2D eigenvalue weighted by Gasteiger charge is -1.97. The standard InChI is InChI=1S/C13H11N3O2S/c1-2-11(17-8-1)12-15-16-13(18-12)19-9-5-10-3-6-14-7-4-10/h1-4,6-8H,5,9H2. The first-order valence-electron chi connectivity index (χ1n) is 5.81. The average Bonchev–Trinajstić information content (AvgIpc) is 3.10. The number of rotatable bonds is 5. The fraction of sp³-hybridized carbons (Fsp3) is 0.154. The zero-order chi connectivity index (χ0) is 12.9. The van der Waals surface area contributed by atoms with Gasteiger partial charge >= 0.3 is 0 Å². The van der Waals surface area contributed by atoms with Crippen LogP contribution in [0.2, 0.25) is 0 Å². The van der Waals surface area contributed by atoms with Gasteiger partial charge in [-0.3, -0.25) is 4.98 Å². The van der Waals surface area contributed by atoms with Gasteiger partial charge < -0.3 is 8.83 Å². The number of nitrogens with zero attached hydrogens (tertiary/aromatic N) is 3. The predicted molar refractivity (Wildman–Crippen MR) is 70.7 cm³/mol. The summed E-state index contributed by atoms with van der Waals surface area (Å²) in [7, 11) is 0. The van der Waals surface area contributed by atoms with Gasteiger partial charge in [-0.2, -0.15) is 0 Å². The molecule has 0 radical (unpaired) electrons. The van der Waals surface area contributed by atoms with E-state index in [0.717, 1.165) is 12.2 Å². The highest BCUT2D eigenvalue weighted by Gasteiger charge is 2.10. The first-order valence-corrected chi connectivity index (χ1v) is 6.79. The highest BCUT2D eigenvalue weighted by atomic mass is 32.2. The van der Waals surface area contributed by atoms with E-state index in [4.69, 9.17) is 8.83 Å². The summed E-state index contributed by atoms with van der Waals surface area (Å²) in [5.74, 6) is 1.88. The number of aromatic nitrogens is 3. The van der Waals surface area contributed by atoms with Gasteiger partial charge in [0.25, 0.3) is 11.1 Å². The van der Waals surface area contributed by atoms with Gasteiger partial charge in [-0.1, -0.05) is 11.8 Å². The number of aryl methyl sites for hydroxylation is 1. The molecule has 0 saturated carbocycles. The minimum Gasteiger partial charge on any atom is -0.459 e. The van der Waals surface area contributed by atoms with E-state index in [1.807, 2.05) is 12.1 Å². The maximum atomic E-state index is 5.50. The van der Waals surface area contributed by atoms with Gasteiger partial charge in [-0.25, -0.2) is 0 Å². The first kappa shape index (κ1) is 12.0. The van der Waals surface area contributed by atoms with Crippen LogP contribution in [0.4, 0.5) is 0 Å². The van der Waals surface area contributed by atoms with Gasteiger partial charge in [0.2, 0.25) is 0 Å². The number of hydrogen-bond acceptors (Lipinski definition) is 6. The Morgan fingerprint density at radius 3 is 2.79 bits per heavy atom. The molecule has 0 aromatic carbocycles. The molecule has 0 aliphatic rings. The molecule has 3 heterocycles. The summed E-state index contributed by atoms with van der Waals surface area (Å²) in [4.78, 5) is 3.99. The van der Waals surface area contributed by atoms with Crippen LogP contribution in [0.1, 0.15) is 5.56 Å². The molecule has 0 aliphatic carbocycles. The molecule has 96 valence electrons. The van der Waals surface area contributed by atoms with Gasteiger partial charge in [0.1, 0.15) is 0 Å². The van der Waals surface area contributed by atoms with Crippen molar-refractivity contribution in [2.45, 2.75) is 11.6 Å². The molecule has 0 fully saturated rings. The molecule has 0 amide bonds. The number of furan rings is 1. The van der Waals surface area contributed by atoms with Crippen molar-refractivity contribution in [3.05, 3.63) is 48.5 Å². The molecular formula is C13H11N3O2S. The van der Waals surface area contributed by atoms with Gasteiger partial charge in [0.15, 0.2) is 5.76 Å². The molecule has 0 N–H and O–H groups in total. The molecule has 3 aromatic heterocycles. The van der Waals surface area contributed by atoms with Crippen LogP contribution in [0.5, 0.6) is 0 Å². The second kappa shape index (κ2) is 5.71. The molecule has 0 bridgehead atoms. The number of pyridine rings is 1. The monoisotopic (exact) mass is 273 g/mol. The molecule has 0 spiro atoms. The SMILES string of the molecule is c1coc(-c2nnc(SCCc3ccncc3)o2)c1. The summed E-state index contributed by atoms with van der Waals surface area (Å²) in [6.45, 7) is 0. The summed E-state index contributed by atoms with van der Waals surface area (Å²) in [5, 5.41) is 8.48.